The van der Waals surface area contributed by atoms with E-state index in [2.05, 4.69) is 15.9 Å². The van der Waals surface area contributed by atoms with E-state index in [4.69, 9.17) is 9.47 Å². The molecule has 0 unspecified atom stereocenters. The summed E-state index contributed by atoms with van der Waals surface area (Å²) in [5.41, 5.74) is 2.72. The Bertz CT molecular complexity index is 512. The van der Waals surface area contributed by atoms with Crippen LogP contribution in [0.3, 0.4) is 0 Å². The fraction of sp³-hybridized carbons (Fsp3) is 0.600. The zero-order valence-corrected chi connectivity index (χ0v) is 12.4. The molecule has 4 rings (SSSR count). The van der Waals surface area contributed by atoms with E-state index in [0.717, 1.165) is 73.3 Å². The molecular weight excluding hydrogens is 308 g/mol. The van der Waals surface area contributed by atoms with Crippen molar-refractivity contribution in [3.8, 4) is 11.5 Å². The topological polar surface area (TPSA) is 38.7 Å². The predicted molar refractivity (Wildman–Crippen MR) is 74.9 cm³/mol. The summed E-state index contributed by atoms with van der Waals surface area (Å²) in [6.45, 7) is 1.52. The lowest BCUT2D eigenvalue weighted by molar-refractivity contribution is 0.140. The van der Waals surface area contributed by atoms with E-state index in [1.165, 1.54) is 11.1 Å². The van der Waals surface area contributed by atoms with Crippen molar-refractivity contribution in [1.29, 1.82) is 0 Å². The Hall–Kier alpha value is -0.740. The fourth-order valence-electron chi connectivity index (χ4n) is 3.25. The van der Waals surface area contributed by atoms with Gasteiger partial charge in [-0.3, -0.25) is 0 Å². The van der Waals surface area contributed by atoms with Gasteiger partial charge in [0.15, 0.2) is 0 Å². The zero-order valence-electron chi connectivity index (χ0n) is 10.8. The van der Waals surface area contributed by atoms with Gasteiger partial charge in [0, 0.05) is 16.7 Å². The SMILES string of the molecule is OC1(c2c3c(c(Br)c4c2OCCC4)OCCC3)CC1. The van der Waals surface area contributed by atoms with E-state index in [9.17, 15) is 5.11 Å². The zero-order chi connectivity index (χ0) is 13.0. The molecule has 19 heavy (non-hydrogen) atoms. The van der Waals surface area contributed by atoms with Crippen molar-refractivity contribution >= 4 is 15.9 Å². The highest BCUT2D eigenvalue weighted by molar-refractivity contribution is 9.10. The van der Waals surface area contributed by atoms with Crippen molar-refractivity contribution in [2.24, 2.45) is 0 Å². The third kappa shape index (κ3) is 1.73. The van der Waals surface area contributed by atoms with E-state index < -0.39 is 5.60 Å². The molecule has 0 amide bonds. The average Bonchev–Trinajstić information content (AvgIpc) is 3.18. The predicted octanol–water partition coefficient (Wildman–Crippen LogP) is 3.08. The third-order valence-electron chi connectivity index (χ3n) is 4.37. The van der Waals surface area contributed by atoms with Crippen LogP contribution in [-0.2, 0) is 18.4 Å². The Kier molecular flexibility index (Phi) is 2.61. The Labute approximate surface area is 121 Å². The fourth-order valence-corrected chi connectivity index (χ4v) is 3.98. The normalized spacial score (nSPS) is 22.8. The van der Waals surface area contributed by atoms with Crippen molar-refractivity contribution in [3.05, 3.63) is 21.2 Å². The second-order valence-corrected chi connectivity index (χ2v) is 6.53. The number of fused-ring (bicyclic) bond motifs is 2. The highest BCUT2D eigenvalue weighted by atomic mass is 79.9. The Morgan fingerprint density at radius 3 is 2.26 bits per heavy atom. The highest BCUT2D eigenvalue weighted by Gasteiger charge is 2.48. The lowest BCUT2D eigenvalue weighted by atomic mass is 9.89. The Morgan fingerprint density at radius 1 is 0.947 bits per heavy atom. The first-order valence-electron chi connectivity index (χ1n) is 7.06. The van der Waals surface area contributed by atoms with Gasteiger partial charge in [0.05, 0.1) is 23.3 Å². The number of ether oxygens (including phenoxy) is 2. The summed E-state index contributed by atoms with van der Waals surface area (Å²) in [6.07, 6.45) is 5.70. The number of hydrogen-bond donors (Lipinski definition) is 1. The van der Waals surface area contributed by atoms with Crippen molar-refractivity contribution in [3.63, 3.8) is 0 Å². The van der Waals surface area contributed by atoms with E-state index in [1.54, 1.807) is 0 Å². The minimum Gasteiger partial charge on any atom is -0.493 e. The quantitative estimate of drug-likeness (QED) is 0.862. The third-order valence-corrected chi connectivity index (χ3v) is 5.20. The van der Waals surface area contributed by atoms with Gasteiger partial charge in [0.1, 0.15) is 11.5 Å². The first-order valence-corrected chi connectivity index (χ1v) is 7.86. The summed E-state index contributed by atoms with van der Waals surface area (Å²) in [7, 11) is 0. The van der Waals surface area contributed by atoms with Crippen LogP contribution in [0.2, 0.25) is 0 Å². The maximum absolute atomic E-state index is 10.7. The standard InChI is InChI=1S/C15H17BrO3/c16-12-10-4-2-7-18-13(10)11(15(17)5-6-15)9-3-1-8-19-14(9)12/h17H,1-8H2. The van der Waals surface area contributed by atoms with Crippen molar-refractivity contribution in [2.75, 3.05) is 13.2 Å². The molecule has 3 aliphatic rings. The molecule has 0 radical (unpaired) electrons. The highest BCUT2D eigenvalue weighted by Crippen LogP contribution is 2.56. The summed E-state index contributed by atoms with van der Waals surface area (Å²) in [5.74, 6) is 1.88. The Balaban J connectivity index is 2.01. The maximum atomic E-state index is 10.7. The van der Waals surface area contributed by atoms with Crippen LogP contribution in [0.25, 0.3) is 0 Å². The van der Waals surface area contributed by atoms with Crippen LogP contribution in [0.5, 0.6) is 11.5 Å². The van der Waals surface area contributed by atoms with Gasteiger partial charge in [-0.1, -0.05) is 0 Å². The van der Waals surface area contributed by atoms with E-state index >= 15 is 0 Å². The molecule has 1 N–H and O–H groups in total. The first kappa shape index (κ1) is 12.0. The lowest BCUT2D eigenvalue weighted by Crippen LogP contribution is -2.21. The van der Waals surface area contributed by atoms with Crippen LogP contribution >= 0.6 is 15.9 Å². The second-order valence-electron chi connectivity index (χ2n) is 5.74. The van der Waals surface area contributed by atoms with Gasteiger partial charge in [-0.15, -0.1) is 0 Å². The van der Waals surface area contributed by atoms with Crippen LogP contribution in [0.1, 0.15) is 42.4 Å². The molecule has 1 aliphatic carbocycles. The van der Waals surface area contributed by atoms with E-state index in [-0.39, 0.29) is 0 Å². The largest absolute Gasteiger partial charge is 0.493 e. The van der Waals surface area contributed by atoms with Crippen LogP contribution in [0.15, 0.2) is 4.47 Å². The molecule has 0 saturated heterocycles. The molecule has 1 aromatic carbocycles. The van der Waals surface area contributed by atoms with Gasteiger partial charge in [-0.2, -0.15) is 0 Å². The molecule has 1 fully saturated rings. The molecule has 4 heteroatoms. The molecule has 102 valence electrons. The monoisotopic (exact) mass is 324 g/mol. The van der Waals surface area contributed by atoms with Gasteiger partial charge in [-0.05, 0) is 54.5 Å². The van der Waals surface area contributed by atoms with E-state index in [1.807, 2.05) is 0 Å². The number of rotatable bonds is 1. The number of aliphatic hydroxyl groups is 1. The number of hydrogen-bond acceptors (Lipinski definition) is 3. The van der Waals surface area contributed by atoms with Gasteiger partial charge in [0.2, 0.25) is 0 Å². The molecule has 0 bridgehead atoms. The van der Waals surface area contributed by atoms with Gasteiger partial charge in [-0.25, -0.2) is 0 Å². The van der Waals surface area contributed by atoms with Gasteiger partial charge in [0.25, 0.3) is 0 Å². The molecular formula is C15H17BrO3. The molecule has 0 spiro atoms. The number of benzene rings is 1. The van der Waals surface area contributed by atoms with Crippen molar-refractivity contribution in [2.45, 2.75) is 44.1 Å². The second kappa shape index (κ2) is 4.13. The molecule has 3 nitrogen and oxygen atoms in total. The molecule has 1 saturated carbocycles. The average molecular weight is 325 g/mol. The number of halogens is 1. The van der Waals surface area contributed by atoms with Gasteiger partial charge < -0.3 is 14.6 Å². The molecule has 2 aliphatic heterocycles. The smallest absolute Gasteiger partial charge is 0.137 e. The summed E-state index contributed by atoms with van der Waals surface area (Å²) in [6, 6.07) is 0. The van der Waals surface area contributed by atoms with Crippen LogP contribution < -0.4 is 9.47 Å². The van der Waals surface area contributed by atoms with Gasteiger partial charge >= 0.3 is 0 Å². The molecule has 0 atom stereocenters. The summed E-state index contributed by atoms with van der Waals surface area (Å²) >= 11 is 3.69. The van der Waals surface area contributed by atoms with Crippen LogP contribution in [0.4, 0.5) is 0 Å². The van der Waals surface area contributed by atoms with E-state index in [0.29, 0.717) is 0 Å². The molecule has 0 aromatic heterocycles. The summed E-state index contributed by atoms with van der Waals surface area (Å²) in [4.78, 5) is 0. The minimum absolute atomic E-state index is 0.660. The van der Waals surface area contributed by atoms with Crippen LogP contribution in [-0.4, -0.2) is 18.3 Å². The minimum atomic E-state index is -0.660. The molecule has 2 heterocycles. The Morgan fingerprint density at radius 2 is 1.58 bits per heavy atom. The maximum Gasteiger partial charge on any atom is 0.137 e. The van der Waals surface area contributed by atoms with Crippen molar-refractivity contribution in [1.82, 2.24) is 0 Å². The molecule has 1 aromatic rings. The summed E-state index contributed by atoms with van der Waals surface area (Å²) < 4.78 is 12.8. The van der Waals surface area contributed by atoms with Crippen LogP contribution in [0, 0.1) is 0 Å². The lowest BCUT2D eigenvalue weighted by Gasteiger charge is -2.31. The van der Waals surface area contributed by atoms with Crippen molar-refractivity contribution < 1.29 is 14.6 Å². The first-order chi connectivity index (χ1) is 9.21. The summed E-state index contributed by atoms with van der Waals surface area (Å²) in [5, 5.41) is 10.7.